The van der Waals surface area contributed by atoms with Crippen LogP contribution in [0.2, 0.25) is 5.02 Å². The maximum absolute atomic E-state index is 12.0. The third-order valence-electron chi connectivity index (χ3n) is 2.82. The van der Waals surface area contributed by atoms with Gasteiger partial charge in [0.2, 0.25) is 0 Å². The van der Waals surface area contributed by atoms with Crippen molar-refractivity contribution in [2.75, 3.05) is 7.05 Å². The van der Waals surface area contributed by atoms with Gasteiger partial charge in [-0.25, -0.2) is 14.9 Å². The lowest BCUT2D eigenvalue weighted by Crippen LogP contribution is -2.45. The van der Waals surface area contributed by atoms with E-state index in [1.165, 1.54) is 13.2 Å². The molecule has 21 heavy (non-hydrogen) atoms. The van der Waals surface area contributed by atoms with Gasteiger partial charge in [-0.15, -0.1) is 0 Å². The average molecular weight is 308 g/mol. The van der Waals surface area contributed by atoms with E-state index in [4.69, 9.17) is 11.6 Å². The highest BCUT2D eigenvalue weighted by Crippen LogP contribution is 2.17. The van der Waals surface area contributed by atoms with Gasteiger partial charge in [-0.1, -0.05) is 17.7 Å². The third-order valence-corrected chi connectivity index (χ3v) is 3.06. The van der Waals surface area contributed by atoms with Crippen LogP contribution in [0.3, 0.4) is 0 Å². The van der Waals surface area contributed by atoms with Gasteiger partial charge in [-0.3, -0.25) is 10.2 Å². The van der Waals surface area contributed by atoms with Crippen LogP contribution in [0.5, 0.6) is 0 Å². The minimum atomic E-state index is -0.511. The van der Waals surface area contributed by atoms with Crippen LogP contribution < -0.4 is 16.2 Å². The third kappa shape index (κ3) is 3.32. The number of urea groups is 1. The van der Waals surface area contributed by atoms with E-state index < -0.39 is 11.9 Å². The first-order valence-corrected chi connectivity index (χ1v) is 6.49. The van der Waals surface area contributed by atoms with Crippen LogP contribution in [0, 0.1) is 6.92 Å². The van der Waals surface area contributed by atoms with Crippen molar-refractivity contribution in [3.05, 3.63) is 46.7 Å². The van der Waals surface area contributed by atoms with E-state index in [9.17, 15) is 9.59 Å². The molecule has 3 amide bonds. The molecule has 0 radical (unpaired) electrons. The second-order valence-corrected chi connectivity index (χ2v) is 4.63. The van der Waals surface area contributed by atoms with Crippen LogP contribution in [0.1, 0.15) is 16.1 Å². The van der Waals surface area contributed by atoms with E-state index in [2.05, 4.69) is 21.3 Å². The number of carbonyl (C=O) groups is 2. The number of amides is 3. The Bertz CT molecular complexity index is 683. The van der Waals surface area contributed by atoms with E-state index in [0.29, 0.717) is 16.3 Å². The van der Waals surface area contributed by atoms with Gasteiger partial charge in [0.15, 0.2) is 0 Å². The summed E-state index contributed by atoms with van der Waals surface area (Å²) >= 11 is 5.94. The Labute approximate surface area is 126 Å². The molecular formula is C13H14ClN5O2. The molecule has 3 N–H and O–H groups in total. The number of nitrogens with zero attached hydrogens (tertiary/aromatic N) is 2. The lowest BCUT2D eigenvalue weighted by molar-refractivity contribution is 0.0936. The molecule has 0 fully saturated rings. The summed E-state index contributed by atoms with van der Waals surface area (Å²) < 4.78 is 1.60. The highest BCUT2D eigenvalue weighted by molar-refractivity contribution is 6.30. The molecule has 0 spiro atoms. The zero-order chi connectivity index (χ0) is 15.4. The van der Waals surface area contributed by atoms with Crippen LogP contribution in [-0.2, 0) is 0 Å². The van der Waals surface area contributed by atoms with Crippen LogP contribution in [-0.4, -0.2) is 28.8 Å². The smallest absolute Gasteiger partial charge is 0.333 e. The van der Waals surface area contributed by atoms with Crippen molar-refractivity contribution in [2.24, 2.45) is 0 Å². The summed E-state index contributed by atoms with van der Waals surface area (Å²) in [6, 6.07) is 6.61. The number of carbonyl (C=O) groups excluding carboxylic acids is 2. The SMILES string of the molecule is CNC(=O)NNC(=O)c1cnn(-c2cccc(Cl)c2)c1C. The van der Waals surface area contributed by atoms with E-state index in [1.54, 1.807) is 29.8 Å². The van der Waals surface area contributed by atoms with E-state index >= 15 is 0 Å². The zero-order valence-electron chi connectivity index (χ0n) is 11.5. The topological polar surface area (TPSA) is 88.1 Å². The van der Waals surface area contributed by atoms with Crippen LogP contribution >= 0.6 is 11.6 Å². The summed E-state index contributed by atoms with van der Waals surface area (Å²) in [6.45, 7) is 1.75. The molecule has 0 bridgehead atoms. The molecule has 0 atom stereocenters. The van der Waals surface area contributed by atoms with Crippen molar-refractivity contribution in [1.29, 1.82) is 0 Å². The maximum Gasteiger partial charge on any atom is 0.333 e. The molecule has 1 aromatic carbocycles. The molecule has 1 heterocycles. The summed E-state index contributed by atoms with van der Waals surface area (Å²) in [7, 11) is 1.45. The Hall–Kier alpha value is -2.54. The van der Waals surface area contributed by atoms with Crippen LogP contribution in [0.4, 0.5) is 4.79 Å². The Morgan fingerprint density at radius 3 is 2.71 bits per heavy atom. The Kier molecular flexibility index (Phi) is 4.44. The average Bonchev–Trinajstić information content (AvgIpc) is 2.86. The van der Waals surface area contributed by atoms with E-state index in [1.807, 2.05) is 6.07 Å². The van der Waals surface area contributed by atoms with Crippen molar-refractivity contribution < 1.29 is 9.59 Å². The number of aromatic nitrogens is 2. The van der Waals surface area contributed by atoms with Gasteiger partial charge in [0.1, 0.15) is 0 Å². The van der Waals surface area contributed by atoms with Gasteiger partial charge in [0.25, 0.3) is 5.91 Å². The molecule has 0 unspecified atom stereocenters. The fraction of sp³-hybridized carbons (Fsp3) is 0.154. The molecule has 0 aliphatic carbocycles. The molecular weight excluding hydrogens is 294 g/mol. The van der Waals surface area contributed by atoms with E-state index in [0.717, 1.165) is 5.69 Å². The van der Waals surface area contributed by atoms with Gasteiger partial charge in [-0.05, 0) is 25.1 Å². The van der Waals surface area contributed by atoms with Crippen LogP contribution in [0.15, 0.2) is 30.5 Å². The highest BCUT2D eigenvalue weighted by atomic mass is 35.5. The first-order chi connectivity index (χ1) is 10.0. The maximum atomic E-state index is 12.0. The number of hydrogen-bond acceptors (Lipinski definition) is 3. The molecule has 2 aromatic rings. The van der Waals surface area contributed by atoms with Crippen LogP contribution in [0.25, 0.3) is 5.69 Å². The predicted octanol–water partition coefficient (Wildman–Crippen LogP) is 1.41. The second-order valence-electron chi connectivity index (χ2n) is 4.19. The highest BCUT2D eigenvalue weighted by Gasteiger charge is 2.15. The number of rotatable bonds is 2. The minimum Gasteiger partial charge on any atom is -0.340 e. The lowest BCUT2D eigenvalue weighted by atomic mass is 10.2. The Morgan fingerprint density at radius 1 is 1.29 bits per heavy atom. The molecule has 0 aliphatic heterocycles. The minimum absolute atomic E-state index is 0.353. The number of hydrogen-bond donors (Lipinski definition) is 3. The summed E-state index contributed by atoms with van der Waals surface area (Å²) in [6.07, 6.45) is 1.43. The first-order valence-electron chi connectivity index (χ1n) is 6.11. The molecule has 0 saturated heterocycles. The second kappa shape index (κ2) is 6.27. The van der Waals surface area contributed by atoms with Gasteiger partial charge < -0.3 is 5.32 Å². The molecule has 110 valence electrons. The predicted molar refractivity (Wildman–Crippen MR) is 78.4 cm³/mol. The fourth-order valence-corrected chi connectivity index (χ4v) is 1.93. The summed E-state index contributed by atoms with van der Waals surface area (Å²) in [5.41, 5.74) is 6.23. The Morgan fingerprint density at radius 2 is 2.05 bits per heavy atom. The summed E-state index contributed by atoms with van der Waals surface area (Å²) in [4.78, 5) is 23.0. The quantitative estimate of drug-likeness (QED) is 0.733. The van der Waals surface area contributed by atoms with Crippen molar-refractivity contribution in [1.82, 2.24) is 25.9 Å². The summed E-state index contributed by atoms with van der Waals surface area (Å²) in [5, 5.41) is 7.07. The normalized spacial score (nSPS) is 10.0. The van der Waals surface area contributed by atoms with Crippen molar-refractivity contribution in [2.45, 2.75) is 6.92 Å². The fourth-order valence-electron chi connectivity index (χ4n) is 1.74. The van der Waals surface area contributed by atoms with Gasteiger partial charge in [0, 0.05) is 12.1 Å². The molecule has 1 aromatic heterocycles. The monoisotopic (exact) mass is 307 g/mol. The van der Waals surface area contributed by atoms with Gasteiger partial charge in [-0.2, -0.15) is 5.10 Å². The number of nitrogens with one attached hydrogen (secondary N) is 3. The van der Waals surface area contributed by atoms with Crippen molar-refractivity contribution >= 4 is 23.5 Å². The largest absolute Gasteiger partial charge is 0.340 e. The van der Waals surface area contributed by atoms with Gasteiger partial charge >= 0.3 is 6.03 Å². The lowest BCUT2D eigenvalue weighted by Gasteiger charge is -2.07. The van der Waals surface area contributed by atoms with Gasteiger partial charge in [0.05, 0.1) is 23.1 Å². The first kappa shape index (κ1) is 14.9. The molecule has 7 nitrogen and oxygen atoms in total. The molecule has 8 heteroatoms. The van der Waals surface area contributed by atoms with E-state index in [-0.39, 0.29) is 0 Å². The molecule has 2 rings (SSSR count). The number of hydrazine groups is 1. The number of halogens is 1. The standard InChI is InChI=1S/C13H14ClN5O2/c1-8-11(12(20)17-18-13(21)15-2)7-16-19(8)10-5-3-4-9(14)6-10/h3-7H,1-2H3,(H,17,20)(H2,15,18,21). The molecule has 0 saturated carbocycles. The van der Waals surface area contributed by atoms with Crippen molar-refractivity contribution in [3.8, 4) is 5.69 Å². The summed E-state index contributed by atoms with van der Waals surface area (Å²) in [5.74, 6) is -0.454. The zero-order valence-corrected chi connectivity index (χ0v) is 12.2. The van der Waals surface area contributed by atoms with Crippen molar-refractivity contribution in [3.63, 3.8) is 0 Å². The number of benzene rings is 1. The molecule has 0 aliphatic rings. The Balaban J connectivity index is 2.21.